The van der Waals surface area contributed by atoms with Crippen molar-refractivity contribution in [3.05, 3.63) is 77.7 Å². The van der Waals surface area contributed by atoms with Crippen molar-refractivity contribution in [2.24, 2.45) is 0 Å². The standard InChI is InChI=1S/C15H10FIN2O2.C8H5FINO/c1-7(20)8-4-9(18-6-8)5-10-13-12(19-15(10)21)3-2-11(16)14(13)17;9-5-1-2-6-4(8(5)10)3-7(12)11-6/h2-6,18H,1H3,(H,19,21);1-2H,3H2,(H,11,12). The Hall–Kier alpha value is -2.61. The third kappa shape index (κ3) is 4.71. The van der Waals surface area contributed by atoms with Gasteiger partial charge in [0.05, 0.1) is 24.8 Å². The summed E-state index contributed by atoms with van der Waals surface area (Å²) in [6.45, 7) is 1.47. The molecule has 0 fully saturated rings. The van der Waals surface area contributed by atoms with Crippen LogP contribution in [0.1, 0.15) is 34.1 Å². The van der Waals surface area contributed by atoms with Gasteiger partial charge >= 0.3 is 0 Å². The van der Waals surface area contributed by atoms with Crippen molar-refractivity contribution < 1.29 is 23.2 Å². The first-order valence-corrected chi connectivity index (χ1v) is 11.8. The van der Waals surface area contributed by atoms with Gasteiger partial charge in [0.2, 0.25) is 5.91 Å². The number of anilines is 2. The fraction of sp³-hybridized carbons (Fsp3) is 0.0870. The molecule has 2 aromatic carbocycles. The van der Waals surface area contributed by atoms with E-state index in [4.69, 9.17) is 0 Å². The molecule has 2 amide bonds. The number of nitrogens with one attached hydrogen (secondary N) is 3. The molecule has 3 N–H and O–H groups in total. The van der Waals surface area contributed by atoms with E-state index >= 15 is 0 Å². The average molecular weight is 673 g/mol. The number of aromatic amines is 1. The van der Waals surface area contributed by atoms with Crippen molar-refractivity contribution in [2.45, 2.75) is 13.3 Å². The molecule has 168 valence electrons. The number of hydrogen-bond acceptors (Lipinski definition) is 3. The topological polar surface area (TPSA) is 91.1 Å². The molecule has 0 unspecified atom stereocenters. The molecule has 10 heteroatoms. The van der Waals surface area contributed by atoms with Crippen molar-refractivity contribution in [2.75, 3.05) is 10.6 Å². The molecule has 33 heavy (non-hydrogen) atoms. The van der Waals surface area contributed by atoms with Gasteiger partial charge in [-0.05, 0) is 88.5 Å². The molecule has 0 spiro atoms. The minimum Gasteiger partial charge on any atom is -0.361 e. The molecule has 3 heterocycles. The lowest BCUT2D eigenvalue weighted by Crippen LogP contribution is -2.03. The average Bonchev–Trinajstić information content (AvgIpc) is 3.47. The Bertz CT molecular complexity index is 1370. The second-order valence-corrected chi connectivity index (χ2v) is 9.47. The van der Waals surface area contributed by atoms with Gasteiger partial charge in [-0.15, -0.1) is 0 Å². The third-order valence-electron chi connectivity index (χ3n) is 5.08. The summed E-state index contributed by atoms with van der Waals surface area (Å²) >= 11 is 3.80. The zero-order valence-electron chi connectivity index (χ0n) is 17.0. The van der Waals surface area contributed by atoms with Crippen LogP contribution >= 0.6 is 45.2 Å². The van der Waals surface area contributed by atoms with Crippen molar-refractivity contribution in [1.29, 1.82) is 0 Å². The highest BCUT2D eigenvalue weighted by Crippen LogP contribution is 2.37. The van der Waals surface area contributed by atoms with Gasteiger partial charge in [0, 0.05) is 34.3 Å². The Morgan fingerprint density at radius 1 is 1.00 bits per heavy atom. The Morgan fingerprint density at radius 3 is 2.33 bits per heavy atom. The molecule has 2 aliphatic heterocycles. The monoisotopic (exact) mass is 673 g/mol. The van der Waals surface area contributed by atoms with E-state index < -0.39 is 0 Å². The lowest BCUT2D eigenvalue weighted by atomic mass is 10.1. The molecule has 0 bridgehead atoms. The predicted molar refractivity (Wildman–Crippen MR) is 138 cm³/mol. The number of carbonyl (C=O) groups is 3. The predicted octanol–water partition coefficient (Wildman–Crippen LogP) is 5.38. The van der Waals surface area contributed by atoms with Gasteiger partial charge in [0.25, 0.3) is 5.91 Å². The Morgan fingerprint density at radius 2 is 1.67 bits per heavy atom. The largest absolute Gasteiger partial charge is 0.361 e. The second-order valence-electron chi connectivity index (χ2n) is 7.31. The smallest absolute Gasteiger partial charge is 0.256 e. The minimum atomic E-state index is -0.368. The number of halogens is 4. The van der Waals surface area contributed by atoms with E-state index in [2.05, 4.69) is 15.6 Å². The van der Waals surface area contributed by atoms with Crippen LogP contribution < -0.4 is 10.6 Å². The lowest BCUT2D eigenvalue weighted by Gasteiger charge is -2.02. The quantitative estimate of drug-likeness (QED) is 0.194. The third-order valence-corrected chi connectivity index (χ3v) is 7.30. The highest BCUT2D eigenvalue weighted by atomic mass is 127. The van der Waals surface area contributed by atoms with Crippen LogP contribution in [0.25, 0.3) is 11.6 Å². The zero-order chi connectivity index (χ0) is 23.9. The Labute approximate surface area is 214 Å². The molecule has 0 saturated heterocycles. The van der Waals surface area contributed by atoms with Crippen LogP contribution in [0.3, 0.4) is 0 Å². The second kappa shape index (κ2) is 9.33. The fourth-order valence-electron chi connectivity index (χ4n) is 3.45. The van der Waals surface area contributed by atoms with E-state index in [1.165, 1.54) is 19.1 Å². The van der Waals surface area contributed by atoms with Crippen molar-refractivity contribution in [3.8, 4) is 0 Å². The number of carbonyl (C=O) groups excluding carboxylic acids is 3. The van der Waals surface area contributed by atoms with E-state index in [0.29, 0.717) is 41.6 Å². The summed E-state index contributed by atoms with van der Waals surface area (Å²) in [4.78, 5) is 37.2. The summed E-state index contributed by atoms with van der Waals surface area (Å²) in [5.74, 6) is -1.03. The summed E-state index contributed by atoms with van der Waals surface area (Å²) in [6, 6.07) is 7.49. The van der Waals surface area contributed by atoms with E-state index in [1.54, 1.807) is 30.5 Å². The minimum absolute atomic E-state index is 0.0616. The molecule has 0 aliphatic carbocycles. The lowest BCUT2D eigenvalue weighted by molar-refractivity contribution is -0.115. The first kappa shape index (κ1) is 23.5. The number of benzene rings is 2. The van der Waals surface area contributed by atoms with Gasteiger partial charge in [-0.1, -0.05) is 0 Å². The molecule has 6 nitrogen and oxygen atoms in total. The highest BCUT2D eigenvalue weighted by molar-refractivity contribution is 14.1. The first-order valence-electron chi connectivity index (χ1n) is 9.63. The molecule has 3 aromatic rings. The fourth-order valence-corrected chi connectivity index (χ4v) is 4.87. The van der Waals surface area contributed by atoms with Crippen LogP contribution in [0, 0.1) is 18.8 Å². The zero-order valence-corrected chi connectivity index (χ0v) is 21.3. The summed E-state index contributed by atoms with van der Waals surface area (Å²) in [5, 5.41) is 5.36. The Kier molecular flexibility index (Phi) is 6.66. The maximum absolute atomic E-state index is 13.7. The molecule has 0 atom stereocenters. The van der Waals surface area contributed by atoms with Crippen LogP contribution in [0.15, 0.2) is 36.5 Å². The normalized spacial score (nSPS) is 14.9. The van der Waals surface area contributed by atoms with Crippen LogP contribution in [-0.4, -0.2) is 22.6 Å². The number of Topliss-reactive ketones (excluding diaryl/α,β-unsaturated/α-hetero) is 1. The number of fused-ring (bicyclic) bond motifs is 2. The highest BCUT2D eigenvalue weighted by Gasteiger charge is 2.28. The summed E-state index contributed by atoms with van der Waals surface area (Å²) in [7, 11) is 0. The van der Waals surface area contributed by atoms with E-state index in [1.807, 2.05) is 45.2 Å². The molecule has 0 saturated carbocycles. The van der Waals surface area contributed by atoms with Gasteiger partial charge < -0.3 is 15.6 Å². The summed E-state index contributed by atoms with van der Waals surface area (Å²) < 4.78 is 27.6. The van der Waals surface area contributed by atoms with E-state index in [0.717, 1.165) is 11.3 Å². The summed E-state index contributed by atoms with van der Waals surface area (Å²) in [6.07, 6.45) is 3.50. The van der Waals surface area contributed by atoms with Gasteiger partial charge in [-0.3, -0.25) is 14.4 Å². The molecule has 5 rings (SSSR count). The molecular formula is C23H15F2I2N3O3. The Balaban J connectivity index is 0.000000183. The number of hydrogen-bond donors (Lipinski definition) is 3. The van der Waals surface area contributed by atoms with Crippen molar-refractivity contribution in [1.82, 2.24) is 4.98 Å². The van der Waals surface area contributed by atoms with Crippen LogP contribution in [0.2, 0.25) is 0 Å². The van der Waals surface area contributed by atoms with Gasteiger partial charge in [0.1, 0.15) is 11.6 Å². The first-order chi connectivity index (χ1) is 15.7. The number of aromatic nitrogens is 1. The number of rotatable bonds is 2. The number of H-pyrrole nitrogens is 1. The van der Waals surface area contributed by atoms with Crippen LogP contribution in [0.4, 0.5) is 20.2 Å². The van der Waals surface area contributed by atoms with Gasteiger partial charge in [-0.25, -0.2) is 8.78 Å². The van der Waals surface area contributed by atoms with Crippen molar-refractivity contribution in [3.63, 3.8) is 0 Å². The SMILES string of the molecule is CC(=O)c1c[nH]c(C=C2C(=O)Nc3ccc(F)c(I)c32)c1.O=C1Cc2c(ccc(F)c2I)N1. The van der Waals surface area contributed by atoms with Gasteiger partial charge in [0.15, 0.2) is 5.78 Å². The molecule has 1 aromatic heterocycles. The number of amides is 2. The van der Waals surface area contributed by atoms with Crippen LogP contribution in [0.5, 0.6) is 0 Å². The van der Waals surface area contributed by atoms with Crippen LogP contribution in [-0.2, 0) is 16.0 Å². The van der Waals surface area contributed by atoms with Crippen molar-refractivity contribution >= 4 is 85.8 Å². The molecule has 2 aliphatic rings. The molecular weight excluding hydrogens is 658 g/mol. The van der Waals surface area contributed by atoms with Gasteiger partial charge in [-0.2, -0.15) is 0 Å². The summed E-state index contributed by atoms with van der Waals surface area (Å²) in [5.41, 5.74) is 4.21. The van der Waals surface area contributed by atoms with E-state index in [-0.39, 0.29) is 29.2 Å². The van der Waals surface area contributed by atoms with E-state index in [9.17, 15) is 23.2 Å². The maximum atomic E-state index is 13.7. The number of ketones is 1. The molecule has 0 radical (unpaired) electrons. The maximum Gasteiger partial charge on any atom is 0.256 e.